The van der Waals surface area contributed by atoms with Crippen LogP contribution < -0.4 is 5.62 Å². The lowest BCUT2D eigenvalue weighted by Crippen LogP contribution is -2.31. The van der Waals surface area contributed by atoms with Crippen molar-refractivity contribution in [3.8, 4) is 0 Å². The second-order valence-electron chi connectivity index (χ2n) is 7.87. The third kappa shape index (κ3) is 5.31. The molecular formula is C25H24BrClN4O2S. The minimum absolute atomic E-state index is 0.0439. The molecule has 0 saturated carbocycles. The number of nitrogens with one attached hydrogen (secondary N) is 1. The number of aryl methyl sites for hydroxylation is 1. The zero-order valence-corrected chi connectivity index (χ0v) is 21.7. The number of rotatable bonds is 9. The molecule has 1 unspecified atom stereocenters. The van der Waals surface area contributed by atoms with Crippen LogP contribution in [0.1, 0.15) is 16.8 Å². The summed E-state index contributed by atoms with van der Waals surface area (Å²) in [7, 11) is 1.82. The molecule has 0 aliphatic rings. The molecule has 3 aromatic carbocycles. The van der Waals surface area contributed by atoms with E-state index in [0.29, 0.717) is 30.1 Å². The third-order valence-electron chi connectivity index (χ3n) is 5.59. The molecule has 0 aliphatic carbocycles. The predicted molar refractivity (Wildman–Crippen MR) is 139 cm³/mol. The zero-order chi connectivity index (χ0) is 24.2. The van der Waals surface area contributed by atoms with E-state index >= 15 is 0 Å². The van der Waals surface area contributed by atoms with Crippen molar-refractivity contribution in [1.82, 2.24) is 13.4 Å². The Balaban J connectivity index is 1.55. The molecule has 0 saturated heterocycles. The number of hydrogen-bond acceptors (Lipinski definition) is 4. The van der Waals surface area contributed by atoms with E-state index in [9.17, 15) is 9.35 Å². The Labute approximate surface area is 214 Å². The van der Waals surface area contributed by atoms with Gasteiger partial charge in [0.05, 0.1) is 34.0 Å². The van der Waals surface area contributed by atoms with Crippen LogP contribution in [-0.2, 0) is 24.5 Å². The number of Topliss-reactive ketones (excluding diaryl/α,β-unsaturated/α-hetero) is 1. The fourth-order valence-electron chi connectivity index (χ4n) is 3.85. The summed E-state index contributed by atoms with van der Waals surface area (Å²) in [6.07, 6.45) is 0.663. The fourth-order valence-corrected chi connectivity index (χ4v) is 5.44. The Morgan fingerprint density at radius 2 is 1.76 bits per heavy atom. The zero-order valence-electron chi connectivity index (χ0n) is 18.6. The number of fused-ring (bicyclic) bond motifs is 1. The van der Waals surface area contributed by atoms with Crippen LogP contribution in [0.5, 0.6) is 0 Å². The highest BCUT2D eigenvalue weighted by atomic mass is 79.9. The molecule has 6 nitrogen and oxygen atoms in total. The van der Waals surface area contributed by atoms with E-state index in [1.165, 1.54) is 0 Å². The van der Waals surface area contributed by atoms with Gasteiger partial charge in [-0.3, -0.25) is 10.2 Å². The van der Waals surface area contributed by atoms with E-state index in [2.05, 4.69) is 15.9 Å². The molecular weight excluding hydrogens is 536 g/mol. The number of carbonyl (C=O) groups excluding carboxylic acids is 1. The molecule has 4 rings (SSSR count). The second-order valence-corrected chi connectivity index (χ2v) is 10.8. The smallest absolute Gasteiger partial charge is 0.203 e. The van der Waals surface area contributed by atoms with E-state index < -0.39 is 11.4 Å². The number of hydrogen-bond donors (Lipinski definition) is 1. The molecule has 0 radical (unpaired) electrons. The molecule has 0 amide bonds. The number of para-hydroxylation sites is 1. The Morgan fingerprint density at radius 3 is 2.47 bits per heavy atom. The normalized spacial score (nSPS) is 12.4. The molecule has 9 heteroatoms. The number of aromatic nitrogens is 2. The van der Waals surface area contributed by atoms with Gasteiger partial charge in [0, 0.05) is 30.2 Å². The molecule has 4 aromatic rings. The van der Waals surface area contributed by atoms with Gasteiger partial charge in [0.15, 0.2) is 10.7 Å². The monoisotopic (exact) mass is 558 g/mol. The van der Waals surface area contributed by atoms with Gasteiger partial charge in [-0.05, 0) is 42.8 Å². The van der Waals surface area contributed by atoms with E-state index in [-0.39, 0.29) is 17.9 Å². The lowest BCUT2D eigenvalue weighted by Gasteiger charge is -2.19. The summed E-state index contributed by atoms with van der Waals surface area (Å²) in [5.41, 5.74) is 2.26. The van der Waals surface area contributed by atoms with Crippen LogP contribution in [0.3, 0.4) is 0 Å². The van der Waals surface area contributed by atoms with Crippen LogP contribution in [0.15, 0.2) is 82.2 Å². The van der Waals surface area contributed by atoms with Gasteiger partial charge < -0.3 is 13.7 Å². The van der Waals surface area contributed by atoms with Gasteiger partial charge in [-0.2, -0.15) is 0 Å². The maximum Gasteiger partial charge on any atom is 0.203 e. The lowest BCUT2D eigenvalue weighted by molar-refractivity contribution is 0.0971. The Morgan fingerprint density at radius 1 is 1.06 bits per heavy atom. The van der Waals surface area contributed by atoms with E-state index in [1.54, 1.807) is 27.1 Å². The van der Waals surface area contributed by atoms with Gasteiger partial charge in [-0.15, -0.1) is 4.31 Å². The Kier molecular flexibility index (Phi) is 7.95. The highest BCUT2D eigenvalue weighted by Gasteiger charge is 2.19. The van der Waals surface area contributed by atoms with Crippen molar-refractivity contribution in [3.05, 3.63) is 93.5 Å². The van der Waals surface area contributed by atoms with Crippen molar-refractivity contribution in [2.45, 2.75) is 24.4 Å². The molecule has 0 aliphatic heterocycles. The van der Waals surface area contributed by atoms with Crippen LogP contribution in [-0.4, -0.2) is 37.4 Å². The number of carbonyl (C=O) groups is 1. The molecule has 0 fully saturated rings. The average Bonchev–Trinajstić information content (AvgIpc) is 3.11. The first-order valence-electron chi connectivity index (χ1n) is 10.8. The van der Waals surface area contributed by atoms with Gasteiger partial charge in [0.25, 0.3) is 0 Å². The number of benzene rings is 3. The van der Waals surface area contributed by atoms with Crippen molar-refractivity contribution in [2.24, 2.45) is 0 Å². The topological polar surface area (TPSA) is 77.1 Å². The largest absolute Gasteiger partial charge is 0.593 e. The number of nitrogens with zero attached hydrogens (tertiary/aromatic N) is 3. The molecule has 1 N–H and O–H groups in total. The highest BCUT2D eigenvalue weighted by Crippen LogP contribution is 2.24. The SMILES string of the molecule is CN(CCCn1c(=N)n(CC(=O)c2ccc(Br)cc2)c2cccc(Cl)c21)[S+]([O-])c1ccccc1. The predicted octanol–water partition coefficient (Wildman–Crippen LogP) is 5.27. The first-order chi connectivity index (χ1) is 16.4. The van der Waals surface area contributed by atoms with Crippen molar-refractivity contribution >= 4 is 55.7 Å². The molecule has 1 atom stereocenters. The summed E-state index contributed by atoms with van der Waals surface area (Å²) < 4.78 is 18.9. The summed E-state index contributed by atoms with van der Waals surface area (Å²) in [6.45, 7) is 1.13. The van der Waals surface area contributed by atoms with E-state index in [1.807, 2.05) is 66.2 Å². The summed E-state index contributed by atoms with van der Waals surface area (Å²) in [5, 5.41) is 9.33. The van der Waals surface area contributed by atoms with Gasteiger partial charge >= 0.3 is 0 Å². The van der Waals surface area contributed by atoms with Crippen molar-refractivity contribution in [1.29, 1.82) is 5.41 Å². The minimum atomic E-state index is -1.25. The number of imidazole rings is 1. The lowest BCUT2D eigenvalue weighted by atomic mass is 10.1. The average molecular weight is 560 g/mol. The quantitative estimate of drug-likeness (QED) is 0.224. The van der Waals surface area contributed by atoms with Gasteiger partial charge in [-0.1, -0.05) is 63.9 Å². The first-order valence-corrected chi connectivity index (χ1v) is 13.0. The maximum atomic E-state index is 12.9. The fraction of sp³-hybridized carbons (Fsp3) is 0.200. The summed E-state index contributed by atoms with van der Waals surface area (Å²) in [6, 6.07) is 22.0. The standard InChI is InChI=1S/C25H24BrClN4O2S/c1-29(34(33)20-7-3-2-4-8-20)15-6-16-30-24-21(27)9-5-10-22(24)31(25(30)28)17-23(32)18-11-13-19(26)14-12-18/h2-5,7-14,28H,6,15-17H2,1H3. The van der Waals surface area contributed by atoms with Crippen LogP contribution in [0.4, 0.5) is 0 Å². The summed E-state index contributed by atoms with van der Waals surface area (Å²) in [5.74, 6) is -0.0805. The molecule has 0 spiro atoms. The molecule has 176 valence electrons. The van der Waals surface area contributed by atoms with E-state index in [0.717, 1.165) is 20.4 Å². The molecule has 0 bridgehead atoms. The number of ketones is 1. The van der Waals surface area contributed by atoms with Crippen LogP contribution in [0.2, 0.25) is 5.02 Å². The van der Waals surface area contributed by atoms with Crippen molar-refractivity contribution in [2.75, 3.05) is 13.6 Å². The van der Waals surface area contributed by atoms with Crippen molar-refractivity contribution < 1.29 is 9.35 Å². The number of halogens is 2. The second kappa shape index (κ2) is 10.9. The molecule has 1 aromatic heterocycles. The third-order valence-corrected chi connectivity index (χ3v) is 7.85. The van der Waals surface area contributed by atoms with Crippen LogP contribution >= 0.6 is 27.5 Å². The van der Waals surface area contributed by atoms with Gasteiger partial charge in [0.2, 0.25) is 5.62 Å². The summed E-state index contributed by atoms with van der Waals surface area (Å²) in [4.78, 5) is 13.7. The highest BCUT2D eigenvalue weighted by molar-refractivity contribution is 9.10. The van der Waals surface area contributed by atoms with Gasteiger partial charge in [-0.25, -0.2) is 0 Å². The first kappa shape index (κ1) is 24.8. The van der Waals surface area contributed by atoms with E-state index in [4.69, 9.17) is 17.0 Å². The maximum absolute atomic E-state index is 12.9. The van der Waals surface area contributed by atoms with Gasteiger partial charge in [0.1, 0.15) is 0 Å². The summed E-state index contributed by atoms with van der Waals surface area (Å²) >= 11 is 8.66. The minimum Gasteiger partial charge on any atom is -0.593 e. The molecule has 34 heavy (non-hydrogen) atoms. The van der Waals surface area contributed by atoms with Crippen LogP contribution in [0, 0.1) is 5.41 Å². The van der Waals surface area contributed by atoms with Crippen molar-refractivity contribution in [3.63, 3.8) is 0 Å². The Hall–Kier alpha value is -2.36. The Bertz CT molecular complexity index is 1360. The molecule has 1 heterocycles. The van der Waals surface area contributed by atoms with Crippen LogP contribution in [0.25, 0.3) is 11.0 Å².